The molecule has 0 aliphatic carbocycles. The number of nitrogens with zero attached hydrogens (tertiary/aromatic N) is 5. The van der Waals surface area contributed by atoms with Gasteiger partial charge in [0.1, 0.15) is 6.54 Å². The minimum absolute atomic E-state index is 0.228. The summed E-state index contributed by atoms with van der Waals surface area (Å²) in [6, 6.07) is 17.4. The Morgan fingerprint density at radius 1 is 1.09 bits per heavy atom. The normalized spacial score (nSPS) is 11.0. The molecule has 4 aromatic rings. The topological polar surface area (TPSA) is 84.9 Å². The van der Waals surface area contributed by atoms with Crippen LogP contribution in [-0.4, -0.2) is 19.2 Å². The lowest BCUT2D eigenvalue weighted by Gasteiger charge is -1.98. The summed E-state index contributed by atoms with van der Waals surface area (Å²) in [6.45, 7) is 0.228. The fourth-order valence-corrected chi connectivity index (χ4v) is 2.65. The molecule has 0 atom stereocenters. The second kappa shape index (κ2) is 4.60. The maximum absolute atomic E-state index is 9.07. The molecule has 2 aromatic heterocycles. The summed E-state index contributed by atoms with van der Waals surface area (Å²) in [4.78, 5) is 4.59. The van der Waals surface area contributed by atoms with E-state index in [4.69, 9.17) is 11.0 Å². The second-order valence-corrected chi connectivity index (χ2v) is 5.01. The lowest BCUT2D eigenvalue weighted by molar-refractivity contribution is 0.872. The van der Waals surface area contributed by atoms with Crippen molar-refractivity contribution < 1.29 is 0 Å². The highest BCUT2D eigenvalue weighted by Gasteiger charge is 2.15. The lowest BCUT2D eigenvalue weighted by atomic mass is 10.2. The van der Waals surface area contributed by atoms with Gasteiger partial charge in [0.15, 0.2) is 5.82 Å². The predicted molar refractivity (Wildman–Crippen MR) is 83.9 cm³/mol. The Morgan fingerprint density at radius 2 is 1.91 bits per heavy atom. The Bertz CT molecular complexity index is 1030. The van der Waals surface area contributed by atoms with E-state index in [-0.39, 0.29) is 6.54 Å². The molecule has 6 nitrogen and oxygen atoms in total. The summed E-state index contributed by atoms with van der Waals surface area (Å²) in [5.74, 6) is 1.25. The summed E-state index contributed by atoms with van der Waals surface area (Å²) < 4.78 is 3.63. The molecule has 106 valence electrons. The zero-order valence-corrected chi connectivity index (χ0v) is 11.6. The fourth-order valence-electron chi connectivity index (χ4n) is 2.65. The van der Waals surface area contributed by atoms with E-state index in [9.17, 15) is 0 Å². The minimum Gasteiger partial charge on any atom is -0.399 e. The molecule has 0 radical (unpaired) electrons. The molecule has 2 N–H and O–H groups in total. The first-order valence-electron chi connectivity index (χ1n) is 6.85. The molecule has 0 bridgehead atoms. The van der Waals surface area contributed by atoms with Gasteiger partial charge in [-0.1, -0.05) is 24.3 Å². The highest BCUT2D eigenvalue weighted by molar-refractivity contribution is 5.81. The number of hydrogen-bond donors (Lipinski definition) is 1. The number of rotatable bonds is 2. The van der Waals surface area contributed by atoms with Crippen molar-refractivity contribution >= 4 is 22.5 Å². The van der Waals surface area contributed by atoms with Gasteiger partial charge in [-0.3, -0.25) is 4.57 Å². The SMILES string of the molecule is N#CCn1c2ccccc2n2nc(-c3cccc(N)c3)nc12. The lowest BCUT2D eigenvalue weighted by Crippen LogP contribution is -1.96. The fraction of sp³-hybridized carbons (Fsp3) is 0.0625. The van der Waals surface area contributed by atoms with Gasteiger partial charge in [-0.2, -0.15) is 14.8 Å². The number of benzene rings is 2. The number of hydrogen-bond acceptors (Lipinski definition) is 4. The molecule has 6 heteroatoms. The molecule has 2 aromatic carbocycles. The Labute approximate surface area is 126 Å². The van der Waals surface area contributed by atoms with Crippen molar-refractivity contribution in [3.05, 3.63) is 48.5 Å². The predicted octanol–water partition coefficient (Wildman–Crippen LogP) is 2.46. The summed E-state index contributed by atoms with van der Waals surface area (Å²) in [7, 11) is 0. The monoisotopic (exact) mass is 288 g/mol. The molecule has 0 saturated carbocycles. The highest BCUT2D eigenvalue weighted by Crippen LogP contribution is 2.23. The molecule has 22 heavy (non-hydrogen) atoms. The van der Waals surface area contributed by atoms with Crippen molar-refractivity contribution in [1.82, 2.24) is 19.2 Å². The van der Waals surface area contributed by atoms with Crippen LogP contribution >= 0.6 is 0 Å². The highest BCUT2D eigenvalue weighted by atomic mass is 15.4. The first kappa shape index (κ1) is 12.4. The zero-order chi connectivity index (χ0) is 15.1. The zero-order valence-electron chi connectivity index (χ0n) is 11.6. The van der Waals surface area contributed by atoms with Crippen LogP contribution in [0.15, 0.2) is 48.5 Å². The van der Waals surface area contributed by atoms with E-state index < -0.39 is 0 Å². The second-order valence-electron chi connectivity index (χ2n) is 5.01. The van der Waals surface area contributed by atoms with Crippen molar-refractivity contribution in [2.24, 2.45) is 0 Å². The summed E-state index contributed by atoms with van der Waals surface area (Å²) in [5.41, 5.74) is 9.22. The molecule has 0 aliphatic rings. The number of nitrogen functional groups attached to an aromatic ring is 1. The quantitative estimate of drug-likeness (QED) is 0.574. The Morgan fingerprint density at radius 3 is 2.68 bits per heavy atom. The largest absolute Gasteiger partial charge is 0.399 e. The van der Waals surface area contributed by atoms with Gasteiger partial charge in [0.05, 0.1) is 17.1 Å². The van der Waals surface area contributed by atoms with Crippen molar-refractivity contribution in [2.45, 2.75) is 6.54 Å². The Balaban J connectivity index is 2.02. The third kappa shape index (κ3) is 1.73. The first-order valence-corrected chi connectivity index (χ1v) is 6.85. The molecule has 0 saturated heterocycles. The molecule has 4 rings (SSSR count). The van der Waals surface area contributed by atoms with Gasteiger partial charge >= 0.3 is 0 Å². The average Bonchev–Trinajstić information content (AvgIpc) is 3.07. The third-order valence-corrected chi connectivity index (χ3v) is 3.61. The van der Waals surface area contributed by atoms with Gasteiger partial charge in [0.2, 0.25) is 5.78 Å². The Hall–Kier alpha value is -3.33. The van der Waals surface area contributed by atoms with Gasteiger partial charge in [-0.05, 0) is 24.3 Å². The number of anilines is 1. The summed E-state index contributed by atoms with van der Waals surface area (Å²) in [5, 5.41) is 13.6. The minimum atomic E-state index is 0.228. The number of fused-ring (bicyclic) bond motifs is 3. The van der Waals surface area contributed by atoms with E-state index in [0.29, 0.717) is 17.3 Å². The van der Waals surface area contributed by atoms with Crippen molar-refractivity contribution in [1.29, 1.82) is 5.26 Å². The van der Waals surface area contributed by atoms with Gasteiger partial charge in [-0.15, -0.1) is 5.10 Å². The van der Waals surface area contributed by atoms with E-state index in [1.54, 1.807) is 4.52 Å². The van der Waals surface area contributed by atoms with Crippen LogP contribution in [0.3, 0.4) is 0 Å². The summed E-state index contributed by atoms with van der Waals surface area (Å²) >= 11 is 0. The van der Waals surface area contributed by atoms with Crippen LogP contribution < -0.4 is 5.73 Å². The number of nitriles is 1. The van der Waals surface area contributed by atoms with Crippen LogP contribution in [0, 0.1) is 11.3 Å². The van der Waals surface area contributed by atoms with Crippen LogP contribution in [0.25, 0.3) is 28.2 Å². The molecule has 0 unspecified atom stereocenters. The molecular formula is C16H12N6. The van der Waals surface area contributed by atoms with E-state index >= 15 is 0 Å². The number of nitrogens with two attached hydrogens (primary N) is 1. The van der Waals surface area contributed by atoms with Crippen molar-refractivity contribution in [2.75, 3.05) is 5.73 Å². The van der Waals surface area contributed by atoms with E-state index in [1.165, 1.54) is 0 Å². The van der Waals surface area contributed by atoms with Gasteiger partial charge < -0.3 is 5.73 Å². The Kier molecular flexibility index (Phi) is 2.60. The first-order chi connectivity index (χ1) is 10.8. The van der Waals surface area contributed by atoms with Crippen molar-refractivity contribution in [3.63, 3.8) is 0 Å². The van der Waals surface area contributed by atoms with Gasteiger partial charge in [0, 0.05) is 11.3 Å². The molecule has 2 heterocycles. The van der Waals surface area contributed by atoms with Crippen LogP contribution in [-0.2, 0) is 6.54 Å². The average molecular weight is 288 g/mol. The number of para-hydroxylation sites is 2. The van der Waals surface area contributed by atoms with Gasteiger partial charge in [-0.25, -0.2) is 0 Å². The van der Waals surface area contributed by atoms with Crippen LogP contribution in [0.4, 0.5) is 5.69 Å². The van der Waals surface area contributed by atoms with Crippen molar-refractivity contribution in [3.8, 4) is 17.5 Å². The van der Waals surface area contributed by atoms with E-state index in [0.717, 1.165) is 16.6 Å². The third-order valence-electron chi connectivity index (χ3n) is 3.61. The standard InChI is InChI=1S/C16H12N6/c17-8-9-21-13-6-1-2-7-14(13)22-16(21)19-15(20-22)11-4-3-5-12(18)10-11/h1-7,10H,9,18H2. The molecular weight excluding hydrogens is 276 g/mol. The number of imidazole rings is 1. The molecule has 0 fully saturated rings. The smallest absolute Gasteiger partial charge is 0.234 e. The maximum Gasteiger partial charge on any atom is 0.234 e. The maximum atomic E-state index is 9.07. The van der Waals surface area contributed by atoms with Crippen LogP contribution in [0.2, 0.25) is 0 Å². The van der Waals surface area contributed by atoms with E-state index in [1.807, 2.05) is 53.1 Å². The van der Waals surface area contributed by atoms with Gasteiger partial charge in [0.25, 0.3) is 0 Å². The van der Waals surface area contributed by atoms with E-state index in [2.05, 4.69) is 16.2 Å². The number of aromatic nitrogens is 4. The molecule has 0 amide bonds. The van der Waals surface area contributed by atoms with Crippen LogP contribution in [0.5, 0.6) is 0 Å². The molecule has 0 aliphatic heterocycles. The van der Waals surface area contributed by atoms with Crippen LogP contribution in [0.1, 0.15) is 0 Å². The summed E-state index contributed by atoms with van der Waals surface area (Å²) in [6.07, 6.45) is 0. The molecule has 0 spiro atoms.